The van der Waals surface area contributed by atoms with Gasteiger partial charge in [-0.15, -0.1) is 0 Å². The zero-order valence-electron chi connectivity index (χ0n) is 15.8. The van der Waals surface area contributed by atoms with E-state index in [0.717, 1.165) is 25.7 Å². The molecule has 0 radical (unpaired) electrons. The van der Waals surface area contributed by atoms with E-state index in [2.05, 4.69) is 39.8 Å². The molecule has 0 amide bonds. The number of hydrogen-bond acceptors (Lipinski definition) is 4. The molecule has 0 aromatic rings. The third-order valence-electron chi connectivity index (χ3n) is 8.13. The molecule has 4 unspecified atom stereocenters. The van der Waals surface area contributed by atoms with Crippen LogP contribution in [0.2, 0.25) is 0 Å². The fourth-order valence-corrected chi connectivity index (χ4v) is 6.44. The maximum Gasteiger partial charge on any atom is 0.490 e. The van der Waals surface area contributed by atoms with Crippen molar-refractivity contribution in [2.45, 2.75) is 64.6 Å². The highest BCUT2D eigenvalue weighted by atomic mass is 16.7. The van der Waals surface area contributed by atoms with Crippen molar-refractivity contribution in [2.24, 2.45) is 22.7 Å². The highest BCUT2D eigenvalue weighted by Gasteiger charge is 2.89. The van der Waals surface area contributed by atoms with Crippen LogP contribution in [0, 0.1) is 22.7 Å². The van der Waals surface area contributed by atoms with Crippen LogP contribution in [0.15, 0.2) is 23.2 Å². The number of methoxy groups -OCH3 is 1. The van der Waals surface area contributed by atoms with Crippen molar-refractivity contribution in [1.82, 2.24) is 0 Å². The zero-order valence-corrected chi connectivity index (χ0v) is 15.8. The molecule has 134 valence electrons. The van der Waals surface area contributed by atoms with Crippen LogP contribution in [0.5, 0.6) is 0 Å². The number of carbonyl (C=O) groups excluding carboxylic acids is 1. The van der Waals surface area contributed by atoms with Gasteiger partial charge in [0.15, 0.2) is 0 Å². The number of hydrogen-bond donors (Lipinski definition) is 0. The molecule has 5 aliphatic rings. The molecule has 1 saturated heterocycles. The van der Waals surface area contributed by atoms with Gasteiger partial charge in [-0.1, -0.05) is 31.6 Å². The Morgan fingerprint density at radius 2 is 1.68 bits per heavy atom. The maximum atomic E-state index is 12.1. The fourth-order valence-electron chi connectivity index (χ4n) is 6.44. The van der Waals surface area contributed by atoms with E-state index in [4.69, 9.17) is 14.0 Å². The molecule has 5 rings (SSSR count). The van der Waals surface area contributed by atoms with Gasteiger partial charge in [0.05, 0.1) is 23.7 Å². The van der Waals surface area contributed by atoms with Crippen molar-refractivity contribution >= 4 is 13.1 Å². The van der Waals surface area contributed by atoms with Crippen molar-refractivity contribution in [1.29, 1.82) is 0 Å². The Hall–Kier alpha value is -1.07. The SMILES string of the molecule is COC(=O)C1(C2=CC=C(B3OC4(C)C5C(C5(C)C)C4(C)O3)CC2)CC1. The molecule has 0 aromatic heterocycles. The minimum atomic E-state index is -0.336. The lowest BCUT2D eigenvalue weighted by atomic mass is 9.68. The summed E-state index contributed by atoms with van der Waals surface area (Å²) in [5.41, 5.74) is 2.09. The normalized spacial score (nSPS) is 44.8. The lowest BCUT2D eigenvalue weighted by Crippen LogP contribution is -2.59. The van der Waals surface area contributed by atoms with Gasteiger partial charge in [0.2, 0.25) is 0 Å². The van der Waals surface area contributed by atoms with Crippen LogP contribution < -0.4 is 0 Å². The van der Waals surface area contributed by atoms with Gasteiger partial charge in [0.1, 0.15) is 0 Å². The first kappa shape index (κ1) is 16.1. The fraction of sp³-hybridized carbons (Fsp3) is 0.750. The molecule has 0 aromatic carbocycles. The van der Waals surface area contributed by atoms with E-state index < -0.39 is 0 Å². The summed E-state index contributed by atoms with van der Waals surface area (Å²) in [6, 6.07) is 0. The Morgan fingerprint density at radius 1 is 1.08 bits per heavy atom. The average Bonchev–Trinajstić information content (AvgIpc) is 3.46. The molecular formula is C20H27BO4. The van der Waals surface area contributed by atoms with E-state index >= 15 is 0 Å². The monoisotopic (exact) mass is 342 g/mol. The van der Waals surface area contributed by atoms with Gasteiger partial charge in [-0.25, -0.2) is 0 Å². The van der Waals surface area contributed by atoms with Gasteiger partial charge in [0.25, 0.3) is 0 Å². The molecule has 1 heterocycles. The molecular weight excluding hydrogens is 315 g/mol. The lowest BCUT2D eigenvalue weighted by molar-refractivity contribution is -0.145. The van der Waals surface area contributed by atoms with Crippen molar-refractivity contribution in [2.75, 3.05) is 7.11 Å². The minimum Gasteiger partial charge on any atom is -0.468 e. The number of ether oxygens (including phenoxy) is 1. The summed E-state index contributed by atoms with van der Waals surface area (Å²) in [5, 5.41) is 0. The Labute approximate surface area is 150 Å². The van der Waals surface area contributed by atoms with E-state index in [1.54, 1.807) is 0 Å². The molecule has 4 aliphatic carbocycles. The van der Waals surface area contributed by atoms with Crippen LogP contribution in [0.1, 0.15) is 53.4 Å². The van der Waals surface area contributed by atoms with Crippen molar-refractivity contribution in [3.05, 3.63) is 23.2 Å². The second-order valence-electron chi connectivity index (χ2n) is 9.57. The third-order valence-corrected chi connectivity index (χ3v) is 8.13. The summed E-state index contributed by atoms with van der Waals surface area (Å²) in [5.74, 6) is 1.14. The largest absolute Gasteiger partial charge is 0.490 e. The molecule has 0 spiro atoms. The second kappa shape index (κ2) is 4.43. The van der Waals surface area contributed by atoms with E-state index in [1.165, 1.54) is 18.2 Å². The van der Waals surface area contributed by atoms with Crippen LogP contribution in [-0.4, -0.2) is 31.4 Å². The molecule has 1 aliphatic heterocycles. The number of esters is 1. The molecule has 3 saturated carbocycles. The molecule has 0 N–H and O–H groups in total. The standard InChI is InChI=1S/C20H27BO4/c1-17(2)14-15(17)19(4)18(14,3)24-21(25-19)13-8-6-12(7-9-13)20(10-11-20)16(22)23-5/h6,8,14-15H,7,9-11H2,1-5H3. The van der Waals surface area contributed by atoms with Crippen molar-refractivity contribution in [3.63, 3.8) is 0 Å². The van der Waals surface area contributed by atoms with Gasteiger partial charge >= 0.3 is 13.1 Å². The Balaban J connectivity index is 1.35. The second-order valence-corrected chi connectivity index (χ2v) is 9.57. The summed E-state index contributed by atoms with van der Waals surface area (Å²) < 4.78 is 18.0. The first-order valence-electron chi connectivity index (χ1n) is 9.55. The van der Waals surface area contributed by atoms with Gasteiger partial charge in [-0.3, -0.25) is 4.79 Å². The molecule has 4 fully saturated rings. The molecule has 0 bridgehead atoms. The minimum absolute atomic E-state index is 0.0793. The summed E-state index contributed by atoms with van der Waals surface area (Å²) >= 11 is 0. The van der Waals surface area contributed by atoms with Crippen molar-refractivity contribution < 1.29 is 18.8 Å². The molecule has 4 atom stereocenters. The predicted octanol–water partition coefficient (Wildman–Crippen LogP) is 3.46. The van der Waals surface area contributed by atoms with Crippen LogP contribution in [-0.2, 0) is 18.8 Å². The van der Waals surface area contributed by atoms with Gasteiger partial charge < -0.3 is 14.0 Å². The van der Waals surface area contributed by atoms with Crippen LogP contribution in [0.25, 0.3) is 0 Å². The topological polar surface area (TPSA) is 44.8 Å². The lowest BCUT2D eigenvalue weighted by Gasteiger charge is -2.48. The summed E-state index contributed by atoms with van der Waals surface area (Å²) in [7, 11) is 1.25. The van der Waals surface area contributed by atoms with Gasteiger partial charge in [0, 0.05) is 11.8 Å². The number of rotatable bonds is 3. The molecule has 5 heteroatoms. The highest BCUT2D eigenvalue weighted by molar-refractivity contribution is 6.55. The predicted molar refractivity (Wildman–Crippen MR) is 94.6 cm³/mol. The Morgan fingerprint density at radius 3 is 2.12 bits per heavy atom. The summed E-state index contributed by atoms with van der Waals surface area (Å²) in [4.78, 5) is 12.1. The third kappa shape index (κ3) is 1.70. The Bertz CT molecular complexity index is 708. The van der Waals surface area contributed by atoms with Crippen molar-refractivity contribution in [3.8, 4) is 0 Å². The number of fused-ring (bicyclic) bond motifs is 4. The van der Waals surface area contributed by atoms with E-state index in [-0.39, 0.29) is 29.7 Å². The maximum absolute atomic E-state index is 12.1. The first-order chi connectivity index (χ1) is 11.7. The van der Waals surface area contributed by atoms with Gasteiger partial charge in [-0.2, -0.15) is 0 Å². The number of allylic oxidation sites excluding steroid dienone is 3. The molecule has 25 heavy (non-hydrogen) atoms. The molecule has 4 nitrogen and oxygen atoms in total. The van der Waals surface area contributed by atoms with E-state index in [1.807, 2.05) is 0 Å². The smallest absolute Gasteiger partial charge is 0.468 e. The summed E-state index contributed by atoms with van der Waals surface area (Å²) in [6.45, 7) is 9.11. The number of carbonyl (C=O) groups is 1. The van der Waals surface area contributed by atoms with Crippen LogP contribution >= 0.6 is 0 Å². The average molecular weight is 342 g/mol. The van der Waals surface area contributed by atoms with E-state index in [0.29, 0.717) is 17.3 Å². The van der Waals surface area contributed by atoms with E-state index in [9.17, 15) is 4.79 Å². The van der Waals surface area contributed by atoms with Gasteiger partial charge in [-0.05, 0) is 50.4 Å². The quantitative estimate of drug-likeness (QED) is 0.582. The highest BCUT2D eigenvalue weighted by Crippen LogP contribution is 2.82. The zero-order chi connectivity index (χ0) is 17.8. The van der Waals surface area contributed by atoms with Crippen LogP contribution in [0.4, 0.5) is 0 Å². The van der Waals surface area contributed by atoms with Crippen LogP contribution in [0.3, 0.4) is 0 Å². The Kier molecular flexibility index (Phi) is 2.86. The summed E-state index contributed by atoms with van der Waals surface area (Å²) in [6.07, 6.45) is 7.88. The first-order valence-corrected chi connectivity index (χ1v) is 9.55.